The molecule has 136 valence electrons. The highest BCUT2D eigenvalue weighted by Gasteiger charge is 2.04. The number of ether oxygens (including phenoxy) is 3. The Balaban J connectivity index is 1.86. The number of hydrogen-bond acceptors (Lipinski definition) is 4. The Hall–Kier alpha value is -2.20. The SMILES string of the molecule is CCOCCOc1ccccc1CNc1ccc(OCC(C)C)cc1. The van der Waals surface area contributed by atoms with E-state index in [1.807, 2.05) is 49.4 Å². The Morgan fingerprint density at radius 3 is 2.40 bits per heavy atom. The molecule has 4 heteroatoms. The first-order chi connectivity index (χ1) is 12.2. The molecule has 2 rings (SSSR count). The molecule has 2 aromatic rings. The van der Waals surface area contributed by atoms with Crippen molar-refractivity contribution in [3.8, 4) is 11.5 Å². The summed E-state index contributed by atoms with van der Waals surface area (Å²) in [5.41, 5.74) is 2.18. The van der Waals surface area contributed by atoms with Crippen molar-refractivity contribution in [2.45, 2.75) is 27.3 Å². The molecular formula is C21H29NO3. The van der Waals surface area contributed by atoms with Gasteiger partial charge in [-0.1, -0.05) is 32.0 Å². The lowest BCUT2D eigenvalue weighted by Gasteiger charge is -2.13. The summed E-state index contributed by atoms with van der Waals surface area (Å²) >= 11 is 0. The molecule has 1 N–H and O–H groups in total. The van der Waals surface area contributed by atoms with Crippen molar-refractivity contribution in [3.05, 3.63) is 54.1 Å². The van der Waals surface area contributed by atoms with Crippen LogP contribution in [0, 0.1) is 5.92 Å². The van der Waals surface area contributed by atoms with Gasteiger partial charge in [-0.3, -0.25) is 0 Å². The lowest BCUT2D eigenvalue weighted by molar-refractivity contribution is 0.110. The molecule has 0 bridgehead atoms. The zero-order valence-corrected chi connectivity index (χ0v) is 15.5. The van der Waals surface area contributed by atoms with Crippen molar-refractivity contribution < 1.29 is 14.2 Å². The first kappa shape index (κ1) is 19.1. The van der Waals surface area contributed by atoms with Crippen LogP contribution in [0.25, 0.3) is 0 Å². The summed E-state index contributed by atoms with van der Waals surface area (Å²) in [7, 11) is 0. The van der Waals surface area contributed by atoms with Gasteiger partial charge >= 0.3 is 0 Å². The molecule has 0 aliphatic carbocycles. The van der Waals surface area contributed by atoms with Gasteiger partial charge in [0.05, 0.1) is 13.2 Å². The highest BCUT2D eigenvalue weighted by atomic mass is 16.5. The summed E-state index contributed by atoms with van der Waals surface area (Å²) in [6.45, 7) is 9.59. The van der Waals surface area contributed by atoms with E-state index in [1.54, 1.807) is 0 Å². The fourth-order valence-corrected chi connectivity index (χ4v) is 2.27. The summed E-state index contributed by atoms with van der Waals surface area (Å²) in [4.78, 5) is 0. The average molecular weight is 343 g/mol. The van der Waals surface area contributed by atoms with E-state index in [9.17, 15) is 0 Å². The highest BCUT2D eigenvalue weighted by molar-refractivity contribution is 5.47. The molecule has 0 atom stereocenters. The van der Waals surface area contributed by atoms with Crippen molar-refractivity contribution in [1.82, 2.24) is 0 Å². The first-order valence-electron chi connectivity index (χ1n) is 8.94. The number of rotatable bonds is 11. The predicted octanol–water partition coefficient (Wildman–Crippen LogP) is 4.75. The van der Waals surface area contributed by atoms with Gasteiger partial charge < -0.3 is 19.5 Å². The molecule has 0 aromatic heterocycles. The molecule has 2 aromatic carbocycles. The van der Waals surface area contributed by atoms with Gasteiger partial charge in [-0.05, 0) is 43.2 Å². The maximum atomic E-state index is 5.82. The summed E-state index contributed by atoms with van der Waals surface area (Å²) in [6.07, 6.45) is 0. The summed E-state index contributed by atoms with van der Waals surface area (Å²) in [5, 5.41) is 3.43. The predicted molar refractivity (Wildman–Crippen MR) is 103 cm³/mol. The topological polar surface area (TPSA) is 39.7 Å². The monoisotopic (exact) mass is 343 g/mol. The molecule has 25 heavy (non-hydrogen) atoms. The Kier molecular flexibility index (Phi) is 8.13. The van der Waals surface area contributed by atoms with Gasteiger partial charge in [0.25, 0.3) is 0 Å². The van der Waals surface area contributed by atoms with E-state index in [1.165, 1.54) is 0 Å². The molecule has 0 saturated carbocycles. The molecule has 4 nitrogen and oxygen atoms in total. The second-order valence-corrected chi connectivity index (χ2v) is 6.24. The van der Waals surface area contributed by atoms with E-state index in [2.05, 4.69) is 25.2 Å². The van der Waals surface area contributed by atoms with Crippen LogP contribution in [0.15, 0.2) is 48.5 Å². The maximum absolute atomic E-state index is 5.82. The van der Waals surface area contributed by atoms with Crippen LogP contribution in [0.5, 0.6) is 11.5 Å². The van der Waals surface area contributed by atoms with Crippen LogP contribution in [0.4, 0.5) is 5.69 Å². The van der Waals surface area contributed by atoms with Crippen LogP contribution in [0.2, 0.25) is 0 Å². The molecular weight excluding hydrogens is 314 g/mol. The van der Waals surface area contributed by atoms with Gasteiger partial charge in [-0.2, -0.15) is 0 Å². The highest BCUT2D eigenvalue weighted by Crippen LogP contribution is 2.21. The van der Waals surface area contributed by atoms with Crippen LogP contribution < -0.4 is 14.8 Å². The van der Waals surface area contributed by atoms with E-state index >= 15 is 0 Å². The van der Waals surface area contributed by atoms with Crippen LogP contribution in [0.1, 0.15) is 26.3 Å². The quantitative estimate of drug-likeness (QED) is 0.598. The van der Waals surface area contributed by atoms with E-state index in [-0.39, 0.29) is 0 Å². The van der Waals surface area contributed by atoms with E-state index in [0.29, 0.717) is 32.3 Å². The molecule has 0 unspecified atom stereocenters. The Morgan fingerprint density at radius 1 is 0.920 bits per heavy atom. The number of benzene rings is 2. The van der Waals surface area contributed by atoms with Crippen LogP contribution in [-0.2, 0) is 11.3 Å². The zero-order chi connectivity index (χ0) is 17.9. The van der Waals surface area contributed by atoms with Gasteiger partial charge in [0.2, 0.25) is 0 Å². The van der Waals surface area contributed by atoms with Crippen molar-refractivity contribution >= 4 is 5.69 Å². The fourth-order valence-electron chi connectivity index (χ4n) is 2.27. The van der Waals surface area contributed by atoms with Crippen molar-refractivity contribution in [2.75, 3.05) is 31.7 Å². The van der Waals surface area contributed by atoms with Gasteiger partial charge in [0, 0.05) is 24.4 Å². The van der Waals surface area contributed by atoms with E-state index < -0.39 is 0 Å². The summed E-state index contributed by atoms with van der Waals surface area (Å²) in [5.74, 6) is 2.32. The largest absolute Gasteiger partial charge is 0.493 e. The third-order valence-electron chi connectivity index (χ3n) is 3.58. The van der Waals surface area contributed by atoms with Crippen LogP contribution in [0.3, 0.4) is 0 Å². The smallest absolute Gasteiger partial charge is 0.124 e. The second-order valence-electron chi connectivity index (χ2n) is 6.24. The van der Waals surface area contributed by atoms with Crippen molar-refractivity contribution in [1.29, 1.82) is 0 Å². The minimum atomic E-state index is 0.525. The van der Waals surface area contributed by atoms with Gasteiger partial charge in [0.1, 0.15) is 18.1 Å². The molecule has 0 spiro atoms. The lowest BCUT2D eigenvalue weighted by Crippen LogP contribution is -2.09. The minimum absolute atomic E-state index is 0.525. The first-order valence-corrected chi connectivity index (χ1v) is 8.94. The Labute approximate surface area is 151 Å². The van der Waals surface area contributed by atoms with Crippen LogP contribution in [-0.4, -0.2) is 26.4 Å². The second kappa shape index (κ2) is 10.6. The molecule has 0 aliphatic heterocycles. The van der Waals surface area contributed by atoms with Crippen molar-refractivity contribution in [3.63, 3.8) is 0 Å². The Morgan fingerprint density at radius 2 is 1.68 bits per heavy atom. The number of para-hydroxylation sites is 1. The molecule has 0 amide bonds. The lowest BCUT2D eigenvalue weighted by atomic mass is 10.2. The van der Waals surface area contributed by atoms with E-state index in [0.717, 1.165) is 29.4 Å². The third-order valence-corrected chi connectivity index (χ3v) is 3.58. The molecule has 0 fully saturated rings. The zero-order valence-electron chi connectivity index (χ0n) is 15.5. The molecule has 0 aliphatic rings. The standard InChI is InChI=1S/C21H29NO3/c1-4-23-13-14-24-21-8-6-5-7-18(21)15-22-19-9-11-20(12-10-19)25-16-17(2)3/h5-12,17,22H,4,13-16H2,1-3H3. The normalized spacial score (nSPS) is 10.7. The van der Waals surface area contributed by atoms with Gasteiger partial charge in [0.15, 0.2) is 0 Å². The Bertz CT molecular complexity index is 611. The van der Waals surface area contributed by atoms with Crippen molar-refractivity contribution in [2.24, 2.45) is 5.92 Å². The maximum Gasteiger partial charge on any atom is 0.124 e. The number of nitrogens with one attached hydrogen (secondary N) is 1. The minimum Gasteiger partial charge on any atom is -0.493 e. The molecule has 0 radical (unpaired) electrons. The third kappa shape index (κ3) is 7.06. The summed E-state index contributed by atoms with van der Waals surface area (Å²) in [6, 6.07) is 16.1. The van der Waals surface area contributed by atoms with Gasteiger partial charge in [-0.25, -0.2) is 0 Å². The molecule has 0 saturated heterocycles. The van der Waals surface area contributed by atoms with Crippen LogP contribution >= 0.6 is 0 Å². The number of anilines is 1. The number of hydrogen-bond donors (Lipinski definition) is 1. The molecule has 0 heterocycles. The fraction of sp³-hybridized carbons (Fsp3) is 0.429. The van der Waals surface area contributed by atoms with E-state index in [4.69, 9.17) is 14.2 Å². The summed E-state index contributed by atoms with van der Waals surface area (Å²) < 4.78 is 16.8. The average Bonchev–Trinajstić information content (AvgIpc) is 2.63. The van der Waals surface area contributed by atoms with Gasteiger partial charge in [-0.15, -0.1) is 0 Å².